The number of benzene rings is 1. The topological polar surface area (TPSA) is 66.8 Å². The first-order chi connectivity index (χ1) is 9.58. The van der Waals surface area contributed by atoms with E-state index in [0.29, 0.717) is 26.0 Å². The molecule has 0 radical (unpaired) electrons. The van der Waals surface area contributed by atoms with Crippen molar-refractivity contribution in [3.8, 4) is 0 Å². The number of aryl methyl sites for hydroxylation is 1. The van der Waals surface area contributed by atoms with E-state index in [0.717, 1.165) is 10.0 Å². The van der Waals surface area contributed by atoms with E-state index in [1.807, 2.05) is 24.3 Å². The van der Waals surface area contributed by atoms with E-state index in [-0.39, 0.29) is 12.5 Å². The minimum Gasteiger partial charge on any atom is -0.480 e. The number of carboxylic acids is 1. The molecule has 1 fully saturated rings. The lowest BCUT2D eigenvalue weighted by atomic mass is 10.1. The quantitative estimate of drug-likeness (QED) is 0.904. The van der Waals surface area contributed by atoms with E-state index in [9.17, 15) is 9.59 Å². The maximum atomic E-state index is 12.2. The molecule has 2 rings (SSSR count). The monoisotopic (exact) mass is 341 g/mol. The van der Waals surface area contributed by atoms with Crippen LogP contribution in [-0.2, 0) is 20.7 Å². The lowest BCUT2D eigenvalue weighted by molar-refractivity contribution is -0.158. The van der Waals surface area contributed by atoms with Crippen molar-refractivity contribution in [3.63, 3.8) is 0 Å². The van der Waals surface area contributed by atoms with Crippen molar-refractivity contribution >= 4 is 27.8 Å². The molecular weight excluding hydrogens is 326 g/mol. The summed E-state index contributed by atoms with van der Waals surface area (Å²) in [7, 11) is 0. The molecule has 20 heavy (non-hydrogen) atoms. The van der Waals surface area contributed by atoms with Crippen LogP contribution in [0.5, 0.6) is 0 Å². The molecule has 1 aliphatic rings. The standard InChI is InChI=1S/C14H16BrNO4/c15-11-3-1-2-10(8-11)4-5-13(17)16-6-7-20-9-12(16)14(18)19/h1-3,8,12H,4-7,9H2,(H,18,19). The summed E-state index contributed by atoms with van der Waals surface area (Å²) in [4.78, 5) is 24.7. The summed E-state index contributed by atoms with van der Waals surface area (Å²) in [5.74, 6) is -1.15. The number of halogens is 1. The van der Waals surface area contributed by atoms with Crippen LogP contribution in [0.25, 0.3) is 0 Å². The van der Waals surface area contributed by atoms with E-state index in [1.165, 1.54) is 4.90 Å². The summed E-state index contributed by atoms with van der Waals surface area (Å²) in [6, 6.07) is 6.89. The Hall–Kier alpha value is -1.40. The zero-order valence-electron chi connectivity index (χ0n) is 10.9. The number of carbonyl (C=O) groups is 2. The highest BCUT2D eigenvalue weighted by Crippen LogP contribution is 2.15. The Labute approximate surface area is 125 Å². The van der Waals surface area contributed by atoms with Crippen LogP contribution in [0.1, 0.15) is 12.0 Å². The maximum absolute atomic E-state index is 12.2. The molecule has 108 valence electrons. The summed E-state index contributed by atoms with van der Waals surface area (Å²) in [6.45, 7) is 0.804. The lowest BCUT2D eigenvalue weighted by Gasteiger charge is -2.32. The second kappa shape index (κ2) is 6.85. The first kappa shape index (κ1) is 15.0. The number of ether oxygens (including phenoxy) is 1. The molecule has 1 aromatic rings. The van der Waals surface area contributed by atoms with Gasteiger partial charge in [-0.05, 0) is 24.1 Å². The van der Waals surface area contributed by atoms with Gasteiger partial charge in [-0.25, -0.2) is 4.79 Å². The first-order valence-corrected chi connectivity index (χ1v) is 7.21. The normalized spacial score (nSPS) is 18.9. The first-order valence-electron chi connectivity index (χ1n) is 6.42. The number of carbonyl (C=O) groups excluding carboxylic acids is 1. The van der Waals surface area contributed by atoms with Crippen LogP contribution in [0, 0.1) is 0 Å². The Bertz CT molecular complexity index is 506. The Morgan fingerprint density at radius 3 is 2.95 bits per heavy atom. The van der Waals surface area contributed by atoms with Crippen molar-refractivity contribution in [2.24, 2.45) is 0 Å². The van der Waals surface area contributed by atoms with Crippen molar-refractivity contribution in [2.45, 2.75) is 18.9 Å². The highest BCUT2D eigenvalue weighted by atomic mass is 79.9. The number of hydrogen-bond acceptors (Lipinski definition) is 3. The summed E-state index contributed by atoms with van der Waals surface area (Å²) in [5.41, 5.74) is 1.05. The van der Waals surface area contributed by atoms with Gasteiger partial charge in [-0.2, -0.15) is 0 Å². The number of aliphatic carboxylic acids is 1. The maximum Gasteiger partial charge on any atom is 0.328 e. The molecule has 0 bridgehead atoms. The largest absolute Gasteiger partial charge is 0.480 e. The zero-order valence-corrected chi connectivity index (χ0v) is 12.5. The Morgan fingerprint density at radius 1 is 1.45 bits per heavy atom. The van der Waals surface area contributed by atoms with E-state index in [1.54, 1.807) is 0 Å². The van der Waals surface area contributed by atoms with Crippen LogP contribution in [0.4, 0.5) is 0 Å². The number of carboxylic acid groups (broad SMARTS) is 1. The van der Waals surface area contributed by atoms with Crippen molar-refractivity contribution in [1.29, 1.82) is 0 Å². The van der Waals surface area contributed by atoms with Crippen molar-refractivity contribution in [1.82, 2.24) is 4.90 Å². The van der Waals surface area contributed by atoms with E-state index >= 15 is 0 Å². The van der Waals surface area contributed by atoms with Gasteiger partial charge in [-0.1, -0.05) is 28.1 Å². The second-order valence-electron chi connectivity index (χ2n) is 4.65. The van der Waals surface area contributed by atoms with E-state index in [4.69, 9.17) is 9.84 Å². The molecule has 0 aromatic heterocycles. The molecule has 1 heterocycles. The summed E-state index contributed by atoms with van der Waals surface area (Å²) < 4.78 is 6.09. The molecule has 1 unspecified atom stereocenters. The van der Waals surface area contributed by atoms with E-state index < -0.39 is 12.0 Å². The van der Waals surface area contributed by atoms with Gasteiger partial charge in [0.15, 0.2) is 6.04 Å². The summed E-state index contributed by atoms with van der Waals surface area (Å²) >= 11 is 3.38. The van der Waals surface area contributed by atoms with Crippen LogP contribution >= 0.6 is 15.9 Å². The smallest absolute Gasteiger partial charge is 0.328 e. The summed E-state index contributed by atoms with van der Waals surface area (Å²) in [6.07, 6.45) is 0.905. The predicted octanol–water partition coefficient (Wildman–Crippen LogP) is 1.69. The number of nitrogens with zero attached hydrogens (tertiary/aromatic N) is 1. The van der Waals surface area contributed by atoms with Gasteiger partial charge in [0, 0.05) is 17.4 Å². The van der Waals surface area contributed by atoms with Gasteiger partial charge >= 0.3 is 5.97 Å². The Kier molecular flexibility index (Phi) is 5.14. The average Bonchev–Trinajstić information content (AvgIpc) is 2.45. The number of rotatable bonds is 4. The van der Waals surface area contributed by atoms with Crippen LogP contribution < -0.4 is 0 Å². The molecule has 1 amide bonds. The van der Waals surface area contributed by atoms with Gasteiger partial charge in [0.05, 0.1) is 13.2 Å². The van der Waals surface area contributed by atoms with Gasteiger partial charge in [-0.15, -0.1) is 0 Å². The fourth-order valence-corrected chi connectivity index (χ4v) is 2.64. The van der Waals surface area contributed by atoms with Crippen molar-refractivity contribution in [3.05, 3.63) is 34.3 Å². The molecule has 6 heteroatoms. The molecule has 1 N–H and O–H groups in total. The molecule has 1 saturated heterocycles. The predicted molar refractivity (Wildman–Crippen MR) is 76.4 cm³/mol. The molecular formula is C14H16BrNO4. The van der Waals surface area contributed by atoms with Crippen molar-refractivity contribution < 1.29 is 19.4 Å². The summed E-state index contributed by atoms with van der Waals surface area (Å²) in [5, 5.41) is 9.10. The van der Waals surface area contributed by atoms with Gasteiger partial charge in [0.25, 0.3) is 0 Å². The third-order valence-electron chi connectivity index (χ3n) is 3.25. The average molecular weight is 342 g/mol. The third kappa shape index (κ3) is 3.80. The van der Waals surface area contributed by atoms with Gasteiger partial charge in [0.2, 0.25) is 5.91 Å². The molecule has 1 aliphatic heterocycles. The molecule has 0 aliphatic carbocycles. The van der Waals surface area contributed by atoms with Crippen LogP contribution in [0.2, 0.25) is 0 Å². The number of morpholine rings is 1. The Morgan fingerprint density at radius 2 is 2.25 bits per heavy atom. The van der Waals surface area contributed by atoms with Gasteiger partial charge in [-0.3, -0.25) is 4.79 Å². The molecule has 1 aromatic carbocycles. The van der Waals surface area contributed by atoms with Crippen LogP contribution in [-0.4, -0.2) is 47.7 Å². The van der Waals surface area contributed by atoms with Crippen LogP contribution in [0.15, 0.2) is 28.7 Å². The van der Waals surface area contributed by atoms with E-state index in [2.05, 4.69) is 15.9 Å². The Balaban J connectivity index is 1.95. The second-order valence-corrected chi connectivity index (χ2v) is 5.56. The molecule has 1 atom stereocenters. The number of hydrogen-bond donors (Lipinski definition) is 1. The highest BCUT2D eigenvalue weighted by Gasteiger charge is 2.32. The third-order valence-corrected chi connectivity index (χ3v) is 3.74. The van der Waals surface area contributed by atoms with Gasteiger partial charge < -0.3 is 14.7 Å². The zero-order chi connectivity index (χ0) is 14.5. The minimum absolute atomic E-state index is 0.0674. The van der Waals surface area contributed by atoms with Gasteiger partial charge in [0.1, 0.15) is 0 Å². The fraction of sp³-hybridized carbons (Fsp3) is 0.429. The molecule has 5 nitrogen and oxygen atoms in total. The molecule has 0 saturated carbocycles. The molecule has 0 spiro atoms. The van der Waals surface area contributed by atoms with Crippen LogP contribution in [0.3, 0.4) is 0 Å². The minimum atomic E-state index is -1.01. The highest BCUT2D eigenvalue weighted by molar-refractivity contribution is 9.10. The van der Waals surface area contributed by atoms with Crippen molar-refractivity contribution in [2.75, 3.05) is 19.8 Å². The number of amides is 1. The fourth-order valence-electron chi connectivity index (χ4n) is 2.19. The lowest BCUT2D eigenvalue weighted by Crippen LogP contribution is -2.52. The SMILES string of the molecule is O=C(O)C1COCCN1C(=O)CCc1cccc(Br)c1.